The number of carbonyl (C=O) groups excluding carboxylic acids is 4. The molecule has 156 valence electrons. The number of hydrogen-bond donors (Lipinski definition) is 3. The van der Waals surface area contributed by atoms with Crippen LogP contribution in [0, 0.1) is 0 Å². The summed E-state index contributed by atoms with van der Waals surface area (Å²) in [5, 5.41) is 7.99. The molecule has 1 fully saturated rings. The molecule has 0 aromatic heterocycles. The standard InChI is InChI=1S/C22H24N4O4/c1-15(27)25-18-5-2-4-16(12-18)13-23-20(28)14-24-22(30)17-7-9-19(10-8-17)26-11-3-6-21(26)29/h2,4-5,7-10,12H,3,6,11,13-14H2,1H3,(H,23,28)(H,24,30)(H,25,27). The molecular formula is C22H24N4O4. The lowest BCUT2D eigenvalue weighted by Gasteiger charge is -2.15. The lowest BCUT2D eigenvalue weighted by Crippen LogP contribution is -2.36. The minimum absolute atomic E-state index is 0.0893. The summed E-state index contributed by atoms with van der Waals surface area (Å²) in [5.41, 5.74) is 2.67. The monoisotopic (exact) mass is 408 g/mol. The van der Waals surface area contributed by atoms with Crippen LogP contribution < -0.4 is 20.9 Å². The van der Waals surface area contributed by atoms with E-state index in [1.54, 1.807) is 47.4 Å². The molecule has 3 N–H and O–H groups in total. The first-order valence-corrected chi connectivity index (χ1v) is 9.74. The zero-order valence-electron chi connectivity index (χ0n) is 16.7. The number of nitrogens with one attached hydrogen (secondary N) is 3. The van der Waals surface area contributed by atoms with E-state index >= 15 is 0 Å². The van der Waals surface area contributed by atoms with E-state index in [4.69, 9.17) is 0 Å². The van der Waals surface area contributed by atoms with Gasteiger partial charge in [0.2, 0.25) is 17.7 Å². The van der Waals surface area contributed by atoms with Crippen molar-refractivity contribution in [1.82, 2.24) is 10.6 Å². The number of benzene rings is 2. The van der Waals surface area contributed by atoms with E-state index in [0.29, 0.717) is 24.2 Å². The summed E-state index contributed by atoms with van der Waals surface area (Å²) in [7, 11) is 0. The fraction of sp³-hybridized carbons (Fsp3) is 0.273. The van der Waals surface area contributed by atoms with Crippen molar-refractivity contribution in [3.63, 3.8) is 0 Å². The van der Waals surface area contributed by atoms with Crippen LogP contribution in [0.4, 0.5) is 11.4 Å². The highest BCUT2D eigenvalue weighted by atomic mass is 16.2. The quantitative estimate of drug-likeness (QED) is 0.649. The Balaban J connectivity index is 1.46. The highest BCUT2D eigenvalue weighted by molar-refractivity contribution is 5.98. The van der Waals surface area contributed by atoms with Crippen LogP contribution in [0.5, 0.6) is 0 Å². The lowest BCUT2D eigenvalue weighted by atomic mass is 10.2. The third-order valence-electron chi connectivity index (χ3n) is 4.66. The fourth-order valence-electron chi connectivity index (χ4n) is 3.20. The molecule has 0 unspecified atom stereocenters. The Hall–Kier alpha value is -3.68. The molecule has 4 amide bonds. The van der Waals surface area contributed by atoms with Crippen LogP contribution in [0.15, 0.2) is 48.5 Å². The van der Waals surface area contributed by atoms with Gasteiger partial charge in [0, 0.05) is 43.4 Å². The molecule has 0 bridgehead atoms. The number of carbonyl (C=O) groups is 4. The van der Waals surface area contributed by atoms with Gasteiger partial charge in [0.15, 0.2) is 0 Å². The smallest absolute Gasteiger partial charge is 0.251 e. The Kier molecular flexibility index (Phi) is 6.79. The van der Waals surface area contributed by atoms with Gasteiger partial charge in [-0.25, -0.2) is 0 Å². The molecule has 1 heterocycles. The van der Waals surface area contributed by atoms with E-state index < -0.39 is 0 Å². The van der Waals surface area contributed by atoms with Crippen molar-refractivity contribution >= 4 is 35.0 Å². The van der Waals surface area contributed by atoms with E-state index in [9.17, 15) is 19.2 Å². The van der Waals surface area contributed by atoms with Crippen LogP contribution in [0.3, 0.4) is 0 Å². The summed E-state index contributed by atoms with van der Waals surface area (Å²) in [6.45, 7) is 2.24. The first-order valence-electron chi connectivity index (χ1n) is 9.74. The van der Waals surface area contributed by atoms with Gasteiger partial charge in [-0.05, 0) is 48.4 Å². The highest BCUT2D eigenvalue weighted by Crippen LogP contribution is 2.21. The minimum atomic E-state index is -0.364. The Bertz CT molecular complexity index is 956. The van der Waals surface area contributed by atoms with Crippen LogP contribution >= 0.6 is 0 Å². The van der Waals surface area contributed by atoms with E-state index in [2.05, 4.69) is 16.0 Å². The molecule has 1 saturated heterocycles. The number of anilines is 2. The first-order chi connectivity index (χ1) is 14.4. The van der Waals surface area contributed by atoms with Gasteiger partial charge >= 0.3 is 0 Å². The summed E-state index contributed by atoms with van der Waals surface area (Å²) >= 11 is 0. The maximum atomic E-state index is 12.3. The Morgan fingerprint density at radius 2 is 1.80 bits per heavy atom. The molecule has 1 aliphatic heterocycles. The third-order valence-corrected chi connectivity index (χ3v) is 4.66. The second kappa shape index (κ2) is 9.69. The summed E-state index contributed by atoms with van der Waals surface area (Å²) in [5.74, 6) is -0.768. The molecule has 3 rings (SSSR count). The Morgan fingerprint density at radius 1 is 1.03 bits per heavy atom. The van der Waals surface area contributed by atoms with E-state index in [-0.39, 0.29) is 36.7 Å². The first kappa shape index (κ1) is 21.0. The van der Waals surface area contributed by atoms with E-state index in [1.165, 1.54) is 6.92 Å². The average molecular weight is 408 g/mol. The zero-order chi connectivity index (χ0) is 21.5. The van der Waals surface area contributed by atoms with Crippen molar-refractivity contribution in [2.75, 3.05) is 23.3 Å². The predicted molar refractivity (Wildman–Crippen MR) is 113 cm³/mol. The molecule has 1 aliphatic rings. The number of rotatable bonds is 7. The summed E-state index contributed by atoms with van der Waals surface area (Å²) < 4.78 is 0. The molecule has 8 heteroatoms. The van der Waals surface area contributed by atoms with Gasteiger partial charge in [0.05, 0.1) is 6.54 Å². The topological polar surface area (TPSA) is 108 Å². The molecule has 8 nitrogen and oxygen atoms in total. The van der Waals surface area contributed by atoms with Crippen LogP contribution in [0.25, 0.3) is 0 Å². The number of amides is 4. The minimum Gasteiger partial charge on any atom is -0.350 e. The molecule has 2 aromatic carbocycles. The molecule has 0 aliphatic carbocycles. The van der Waals surface area contributed by atoms with Crippen molar-refractivity contribution in [3.05, 3.63) is 59.7 Å². The Labute approximate surface area is 174 Å². The summed E-state index contributed by atoms with van der Waals surface area (Å²) in [4.78, 5) is 48.9. The normalized spacial score (nSPS) is 13.1. The zero-order valence-corrected chi connectivity index (χ0v) is 16.7. The molecule has 2 aromatic rings. The summed E-state index contributed by atoms with van der Waals surface area (Å²) in [6.07, 6.45) is 1.39. The Morgan fingerprint density at radius 3 is 2.47 bits per heavy atom. The van der Waals surface area contributed by atoms with Gasteiger partial charge in [0.1, 0.15) is 0 Å². The largest absolute Gasteiger partial charge is 0.350 e. The van der Waals surface area contributed by atoms with E-state index in [0.717, 1.165) is 17.7 Å². The predicted octanol–water partition coefficient (Wildman–Crippen LogP) is 1.82. The van der Waals surface area contributed by atoms with Crippen LogP contribution in [-0.4, -0.2) is 36.7 Å². The summed E-state index contributed by atoms with van der Waals surface area (Å²) in [6, 6.07) is 13.9. The van der Waals surface area contributed by atoms with Crippen molar-refractivity contribution in [1.29, 1.82) is 0 Å². The lowest BCUT2D eigenvalue weighted by molar-refractivity contribution is -0.120. The van der Waals surface area contributed by atoms with Gasteiger partial charge in [-0.15, -0.1) is 0 Å². The van der Waals surface area contributed by atoms with Crippen molar-refractivity contribution in [2.45, 2.75) is 26.3 Å². The van der Waals surface area contributed by atoms with Crippen LogP contribution in [0.1, 0.15) is 35.7 Å². The van der Waals surface area contributed by atoms with Gasteiger partial charge in [0.25, 0.3) is 5.91 Å². The maximum absolute atomic E-state index is 12.3. The van der Waals surface area contributed by atoms with Gasteiger partial charge < -0.3 is 20.9 Å². The molecule has 0 radical (unpaired) electrons. The van der Waals surface area contributed by atoms with Crippen molar-refractivity contribution in [2.24, 2.45) is 0 Å². The average Bonchev–Trinajstić information content (AvgIpc) is 3.16. The van der Waals surface area contributed by atoms with Crippen molar-refractivity contribution < 1.29 is 19.2 Å². The SMILES string of the molecule is CC(=O)Nc1cccc(CNC(=O)CNC(=O)c2ccc(N3CCCC3=O)cc2)c1. The van der Waals surface area contributed by atoms with Gasteiger partial charge in [-0.1, -0.05) is 12.1 Å². The van der Waals surface area contributed by atoms with Crippen molar-refractivity contribution in [3.8, 4) is 0 Å². The van der Waals surface area contributed by atoms with E-state index in [1.807, 2.05) is 6.07 Å². The second-order valence-corrected chi connectivity index (χ2v) is 7.04. The fourth-order valence-corrected chi connectivity index (χ4v) is 3.20. The molecule has 30 heavy (non-hydrogen) atoms. The molecule has 0 spiro atoms. The molecule has 0 saturated carbocycles. The molecular weight excluding hydrogens is 384 g/mol. The van der Waals surface area contributed by atoms with Gasteiger partial charge in [-0.3, -0.25) is 19.2 Å². The maximum Gasteiger partial charge on any atom is 0.251 e. The molecule has 0 atom stereocenters. The van der Waals surface area contributed by atoms with Gasteiger partial charge in [-0.2, -0.15) is 0 Å². The highest BCUT2D eigenvalue weighted by Gasteiger charge is 2.21. The number of hydrogen-bond acceptors (Lipinski definition) is 4. The van der Waals surface area contributed by atoms with Crippen LogP contribution in [0.2, 0.25) is 0 Å². The number of nitrogens with zero attached hydrogens (tertiary/aromatic N) is 1. The second-order valence-electron chi connectivity index (χ2n) is 7.04. The van der Waals surface area contributed by atoms with Crippen LogP contribution in [-0.2, 0) is 20.9 Å². The third kappa shape index (κ3) is 5.66.